The third-order valence-electron chi connectivity index (χ3n) is 6.85. The molecule has 0 spiro atoms. The summed E-state index contributed by atoms with van der Waals surface area (Å²) in [4.78, 5) is 34.4. The Balaban J connectivity index is 1.32. The SMILES string of the molecule is Cc1ccc(-c2noc(C3CCCN3C(=O)C3CC(=O)N(c4ccc(C)c(C)c4)C3)n2)cc1. The molecular formula is C26H28N4O3. The van der Waals surface area contributed by atoms with Crippen LogP contribution in [0.15, 0.2) is 47.0 Å². The van der Waals surface area contributed by atoms with E-state index in [9.17, 15) is 9.59 Å². The standard InChI is InChI=1S/C26H28N4O3/c1-16-6-9-19(10-7-16)24-27-25(33-28-24)22-5-4-12-29(22)26(32)20-14-23(31)30(15-20)21-11-8-17(2)18(3)13-21/h6-11,13,20,22H,4-5,12,14-15H2,1-3H3. The summed E-state index contributed by atoms with van der Waals surface area (Å²) in [5.74, 6) is 0.617. The van der Waals surface area contributed by atoms with Crippen LogP contribution in [0.25, 0.3) is 11.4 Å². The molecule has 5 rings (SSSR count). The quantitative estimate of drug-likeness (QED) is 0.597. The molecule has 2 aromatic carbocycles. The lowest BCUT2D eigenvalue weighted by Crippen LogP contribution is -2.37. The van der Waals surface area contributed by atoms with Crippen molar-refractivity contribution in [3.63, 3.8) is 0 Å². The van der Waals surface area contributed by atoms with Crippen LogP contribution < -0.4 is 4.90 Å². The maximum Gasteiger partial charge on any atom is 0.249 e. The maximum absolute atomic E-state index is 13.4. The Morgan fingerprint density at radius 3 is 2.61 bits per heavy atom. The molecule has 2 aliphatic heterocycles. The van der Waals surface area contributed by atoms with E-state index < -0.39 is 0 Å². The van der Waals surface area contributed by atoms with Gasteiger partial charge in [-0.1, -0.05) is 41.1 Å². The van der Waals surface area contributed by atoms with E-state index in [0.29, 0.717) is 24.8 Å². The molecule has 0 saturated carbocycles. The fraction of sp³-hybridized carbons (Fsp3) is 0.385. The molecule has 0 radical (unpaired) electrons. The van der Waals surface area contributed by atoms with Gasteiger partial charge in [0.15, 0.2) is 0 Å². The van der Waals surface area contributed by atoms with E-state index in [2.05, 4.69) is 10.1 Å². The minimum Gasteiger partial charge on any atom is -0.337 e. The highest BCUT2D eigenvalue weighted by Gasteiger charge is 2.42. The lowest BCUT2D eigenvalue weighted by atomic mass is 10.1. The zero-order chi connectivity index (χ0) is 23.1. The zero-order valence-electron chi connectivity index (χ0n) is 19.2. The van der Waals surface area contributed by atoms with Crippen LogP contribution in [0.4, 0.5) is 5.69 Å². The van der Waals surface area contributed by atoms with Gasteiger partial charge < -0.3 is 14.3 Å². The van der Waals surface area contributed by atoms with Crippen molar-refractivity contribution in [2.45, 2.75) is 46.1 Å². The van der Waals surface area contributed by atoms with Crippen LogP contribution in [0.2, 0.25) is 0 Å². The van der Waals surface area contributed by atoms with Gasteiger partial charge in [0, 0.05) is 30.8 Å². The fourth-order valence-corrected chi connectivity index (χ4v) is 4.73. The van der Waals surface area contributed by atoms with Crippen molar-refractivity contribution in [3.8, 4) is 11.4 Å². The average Bonchev–Trinajstić information content (AvgIpc) is 3.55. The normalized spacial score (nSPS) is 20.6. The molecule has 2 atom stereocenters. The molecule has 7 heteroatoms. The van der Waals surface area contributed by atoms with E-state index in [1.807, 2.05) is 68.1 Å². The fourth-order valence-electron chi connectivity index (χ4n) is 4.73. The number of rotatable bonds is 4. The molecule has 2 amide bonds. The predicted molar refractivity (Wildman–Crippen MR) is 125 cm³/mol. The Bertz CT molecular complexity index is 1200. The number of hydrogen-bond acceptors (Lipinski definition) is 5. The van der Waals surface area contributed by atoms with Gasteiger partial charge in [-0.3, -0.25) is 9.59 Å². The van der Waals surface area contributed by atoms with Gasteiger partial charge in [-0.15, -0.1) is 0 Å². The number of anilines is 1. The molecule has 3 heterocycles. The van der Waals surface area contributed by atoms with Crippen molar-refractivity contribution in [1.82, 2.24) is 15.0 Å². The highest BCUT2D eigenvalue weighted by atomic mass is 16.5. The van der Waals surface area contributed by atoms with E-state index >= 15 is 0 Å². The molecule has 1 aromatic heterocycles. The largest absolute Gasteiger partial charge is 0.337 e. The average molecular weight is 445 g/mol. The molecule has 0 bridgehead atoms. The van der Waals surface area contributed by atoms with Gasteiger partial charge in [0.05, 0.1) is 5.92 Å². The Morgan fingerprint density at radius 1 is 1.06 bits per heavy atom. The summed E-state index contributed by atoms with van der Waals surface area (Å²) in [5.41, 5.74) is 5.22. The number of hydrogen-bond donors (Lipinski definition) is 0. The summed E-state index contributed by atoms with van der Waals surface area (Å²) in [5, 5.41) is 4.14. The van der Waals surface area contributed by atoms with E-state index in [0.717, 1.165) is 35.2 Å². The predicted octanol–water partition coefficient (Wildman–Crippen LogP) is 4.38. The van der Waals surface area contributed by atoms with Crippen LogP contribution >= 0.6 is 0 Å². The molecule has 2 unspecified atom stereocenters. The van der Waals surface area contributed by atoms with Crippen LogP contribution in [0.1, 0.15) is 47.9 Å². The highest BCUT2D eigenvalue weighted by molar-refractivity contribution is 6.00. The number of aromatic nitrogens is 2. The summed E-state index contributed by atoms with van der Waals surface area (Å²) in [7, 11) is 0. The van der Waals surface area contributed by atoms with Gasteiger partial charge in [-0.05, 0) is 56.9 Å². The van der Waals surface area contributed by atoms with Crippen LogP contribution in [-0.2, 0) is 9.59 Å². The molecule has 7 nitrogen and oxygen atoms in total. The number of carbonyl (C=O) groups is 2. The second-order valence-electron chi connectivity index (χ2n) is 9.19. The molecule has 0 aliphatic carbocycles. The highest BCUT2D eigenvalue weighted by Crippen LogP contribution is 2.35. The first-order valence-corrected chi connectivity index (χ1v) is 11.5. The first-order valence-electron chi connectivity index (χ1n) is 11.5. The molecule has 2 saturated heterocycles. The second kappa shape index (κ2) is 8.46. The van der Waals surface area contributed by atoms with Gasteiger partial charge in [0.2, 0.25) is 23.5 Å². The molecule has 33 heavy (non-hydrogen) atoms. The van der Waals surface area contributed by atoms with Gasteiger partial charge in [0.25, 0.3) is 0 Å². The Morgan fingerprint density at radius 2 is 1.85 bits per heavy atom. The van der Waals surface area contributed by atoms with E-state index in [1.165, 1.54) is 5.56 Å². The topological polar surface area (TPSA) is 79.5 Å². The third-order valence-corrected chi connectivity index (χ3v) is 6.85. The molecule has 3 aromatic rings. The van der Waals surface area contributed by atoms with Gasteiger partial charge in [-0.25, -0.2) is 0 Å². The number of nitrogens with zero attached hydrogens (tertiary/aromatic N) is 4. The smallest absolute Gasteiger partial charge is 0.249 e. The summed E-state index contributed by atoms with van der Waals surface area (Å²) in [6.45, 7) is 7.16. The monoisotopic (exact) mass is 444 g/mol. The number of amides is 2. The number of aryl methyl sites for hydroxylation is 3. The van der Waals surface area contributed by atoms with Gasteiger partial charge >= 0.3 is 0 Å². The van der Waals surface area contributed by atoms with E-state index in [4.69, 9.17) is 4.52 Å². The van der Waals surface area contributed by atoms with E-state index in [1.54, 1.807) is 4.90 Å². The summed E-state index contributed by atoms with van der Waals surface area (Å²) in [6.07, 6.45) is 1.89. The van der Waals surface area contributed by atoms with Crippen LogP contribution in [0.3, 0.4) is 0 Å². The molecule has 170 valence electrons. The molecule has 0 N–H and O–H groups in total. The van der Waals surface area contributed by atoms with Crippen LogP contribution in [0.5, 0.6) is 0 Å². The van der Waals surface area contributed by atoms with Crippen LogP contribution in [-0.4, -0.2) is 39.9 Å². The molecular weight excluding hydrogens is 416 g/mol. The lowest BCUT2D eigenvalue weighted by molar-refractivity contribution is -0.137. The van der Waals surface area contributed by atoms with Crippen LogP contribution in [0, 0.1) is 26.7 Å². The van der Waals surface area contributed by atoms with Crippen molar-refractivity contribution < 1.29 is 14.1 Å². The third kappa shape index (κ3) is 4.03. The first-order chi connectivity index (χ1) is 15.9. The van der Waals surface area contributed by atoms with Crippen molar-refractivity contribution in [2.75, 3.05) is 18.0 Å². The minimum atomic E-state index is -0.362. The van der Waals surface area contributed by atoms with Crippen molar-refractivity contribution in [3.05, 3.63) is 65.0 Å². The van der Waals surface area contributed by atoms with Crippen molar-refractivity contribution in [1.29, 1.82) is 0 Å². The Labute approximate surface area is 193 Å². The number of carbonyl (C=O) groups excluding carboxylic acids is 2. The van der Waals surface area contributed by atoms with Crippen molar-refractivity contribution in [2.24, 2.45) is 5.92 Å². The molecule has 2 fully saturated rings. The lowest BCUT2D eigenvalue weighted by Gasteiger charge is -2.25. The minimum absolute atomic E-state index is 0.00716. The van der Waals surface area contributed by atoms with Crippen molar-refractivity contribution >= 4 is 17.5 Å². The molecule has 2 aliphatic rings. The summed E-state index contributed by atoms with van der Waals surface area (Å²) < 4.78 is 5.58. The summed E-state index contributed by atoms with van der Waals surface area (Å²) in [6, 6.07) is 13.7. The first kappa shape index (κ1) is 21.4. The Kier molecular flexibility index (Phi) is 5.48. The maximum atomic E-state index is 13.4. The Hall–Kier alpha value is -3.48. The van der Waals surface area contributed by atoms with Gasteiger partial charge in [0.1, 0.15) is 6.04 Å². The number of likely N-dealkylation sites (tertiary alicyclic amines) is 1. The second-order valence-corrected chi connectivity index (χ2v) is 9.19. The number of benzene rings is 2. The zero-order valence-corrected chi connectivity index (χ0v) is 19.2. The summed E-state index contributed by atoms with van der Waals surface area (Å²) >= 11 is 0. The van der Waals surface area contributed by atoms with Gasteiger partial charge in [-0.2, -0.15) is 4.98 Å². The van der Waals surface area contributed by atoms with E-state index in [-0.39, 0.29) is 30.2 Å².